The molecule has 0 atom stereocenters. The van der Waals surface area contributed by atoms with Crippen molar-refractivity contribution in [1.82, 2.24) is 0 Å². The Hall–Kier alpha value is -0.0200. The zero-order valence-corrected chi connectivity index (χ0v) is 6.04. The second-order valence-corrected chi connectivity index (χ2v) is 3.92. The van der Waals surface area contributed by atoms with E-state index in [0.29, 0.717) is 12.8 Å². The van der Waals surface area contributed by atoms with Crippen LogP contribution in [-0.2, 0) is 0 Å². The molecule has 0 aromatic rings. The number of hydrogen-bond donors (Lipinski definition) is 4. The van der Waals surface area contributed by atoms with E-state index in [4.69, 9.17) is 20.1 Å². The van der Waals surface area contributed by atoms with E-state index in [1.54, 1.807) is 0 Å². The van der Waals surface area contributed by atoms with Gasteiger partial charge in [-0.2, -0.15) is 0 Å². The van der Waals surface area contributed by atoms with Crippen LogP contribution in [0.25, 0.3) is 0 Å². The molecule has 0 heterocycles. The van der Waals surface area contributed by atoms with Gasteiger partial charge in [-0.1, -0.05) is 0 Å². The Morgan fingerprint density at radius 2 is 1.89 bits per heavy atom. The minimum absolute atomic E-state index is 0.0301. The molecule has 0 fully saturated rings. The van der Waals surface area contributed by atoms with Crippen LogP contribution in [0.3, 0.4) is 0 Å². The third-order valence-electron chi connectivity index (χ3n) is 0.861. The van der Waals surface area contributed by atoms with Gasteiger partial charge >= 0.3 is 53.3 Å². The van der Waals surface area contributed by atoms with Gasteiger partial charge in [0.15, 0.2) is 0 Å². The Morgan fingerprint density at radius 3 is 2.22 bits per heavy atom. The van der Waals surface area contributed by atoms with Gasteiger partial charge in [-0.05, 0) is 0 Å². The van der Waals surface area contributed by atoms with Crippen molar-refractivity contribution in [1.29, 1.82) is 5.41 Å². The molecule has 0 aliphatic heterocycles. The second kappa shape index (κ2) is 3.90. The fourth-order valence-corrected chi connectivity index (χ4v) is 1.12. The van der Waals surface area contributed by atoms with E-state index in [1.807, 2.05) is 0 Å². The van der Waals surface area contributed by atoms with Crippen molar-refractivity contribution < 1.29 is 14.7 Å². The average molecular weight is 153 g/mol. The first-order valence-electron chi connectivity index (χ1n) is 2.72. The predicted octanol–water partition coefficient (Wildman–Crippen LogP) is -0.112. The summed E-state index contributed by atoms with van der Waals surface area (Å²) in [6.45, 7) is 0. The maximum atomic E-state index is 8.42. The van der Waals surface area contributed by atoms with E-state index in [0.717, 1.165) is 0 Å². The molecule has 5 heteroatoms. The summed E-state index contributed by atoms with van der Waals surface area (Å²) in [7, 11) is -3.80. The topological polar surface area (TPSA) is 84.5 Å². The van der Waals surface area contributed by atoms with Crippen LogP contribution in [-0.4, -0.2) is 27.1 Å². The Bertz CT molecular complexity index is 90.3. The quantitative estimate of drug-likeness (QED) is 0.258. The first-order valence-corrected chi connectivity index (χ1v) is 4.77. The summed E-state index contributed by atoms with van der Waals surface area (Å²) in [6.07, 6.45) is 2.18. The molecule has 0 aliphatic rings. The van der Waals surface area contributed by atoms with E-state index in [1.165, 1.54) is 6.21 Å². The maximum absolute atomic E-state index is 8.42. The van der Waals surface area contributed by atoms with Crippen molar-refractivity contribution in [2.24, 2.45) is 0 Å². The molecular formula is C4H12NO3P. The molecule has 0 radical (unpaired) electrons. The van der Waals surface area contributed by atoms with Gasteiger partial charge in [-0.25, -0.2) is 0 Å². The molecule has 0 unspecified atom stereocenters. The normalized spacial score (nSPS) is 13.2. The predicted molar refractivity (Wildman–Crippen MR) is 37.9 cm³/mol. The Labute approximate surface area is 54.2 Å². The van der Waals surface area contributed by atoms with Crippen molar-refractivity contribution >= 4 is 14.2 Å². The summed E-state index contributed by atoms with van der Waals surface area (Å²) in [5, 5.41) is 6.56. The standard InChI is InChI=1S/C4H12NO3P/c5-3-1-2-4-9(6,7)8/h3,5-9H,1-2,4H2. The van der Waals surface area contributed by atoms with Gasteiger partial charge in [-0.3, -0.25) is 0 Å². The zero-order valence-electron chi connectivity index (χ0n) is 5.04. The average Bonchev–Trinajstić information content (AvgIpc) is 1.63. The third-order valence-corrected chi connectivity index (χ3v) is 1.89. The van der Waals surface area contributed by atoms with Crippen LogP contribution in [0.1, 0.15) is 12.8 Å². The number of nitrogens with one attached hydrogen (secondary N) is 1. The fraction of sp³-hybridized carbons (Fsp3) is 0.750. The molecule has 0 aliphatic carbocycles. The summed E-state index contributed by atoms with van der Waals surface area (Å²) in [6, 6.07) is 0. The molecule has 0 bridgehead atoms. The van der Waals surface area contributed by atoms with Gasteiger partial charge < -0.3 is 0 Å². The molecular weight excluding hydrogens is 141 g/mol. The number of unbranched alkanes of at least 4 members (excludes halogenated alkanes) is 1. The summed E-state index contributed by atoms with van der Waals surface area (Å²) >= 11 is 0. The summed E-state index contributed by atoms with van der Waals surface area (Å²) in [4.78, 5) is 25.3. The van der Waals surface area contributed by atoms with Crippen molar-refractivity contribution in [2.45, 2.75) is 12.8 Å². The van der Waals surface area contributed by atoms with Crippen LogP contribution >= 0.6 is 7.94 Å². The molecule has 0 rings (SSSR count). The molecule has 9 heavy (non-hydrogen) atoms. The van der Waals surface area contributed by atoms with Gasteiger partial charge in [-0.15, -0.1) is 0 Å². The van der Waals surface area contributed by atoms with Crippen LogP contribution in [0.5, 0.6) is 0 Å². The molecule has 0 saturated carbocycles. The first-order chi connectivity index (χ1) is 4.06. The molecule has 4 nitrogen and oxygen atoms in total. The Kier molecular flexibility index (Phi) is 3.89. The monoisotopic (exact) mass is 153 g/mol. The van der Waals surface area contributed by atoms with Crippen molar-refractivity contribution in [3.05, 3.63) is 0 Å². The number of rotatable bonds is 4. The second-order valence-electron chi connectivity index (χ2n) is 1.87. The summed E-state index contributed by atoms with van der Waals surface area (Å²) < 4.78 is 0. The van der Waals surface area contributed by atoms with E-state index < -0.39 is 7.94 Å². The van der Waals surface area contributed by atoms with Crippen molar-refractivity contribution in [3.8, 4) is 0 Å². The minimum atomic E-state index is -3.80. The van der Waals surface area contributed by atoms with Gasteiger partial charge in [0, 0.05) is 0 Å². The van der Waals surface area contributed by atoms with Gasteiger partial charge in [0.05, 0.1) is 0 Å². The van der Waals surface area contributed by atoms with Crippen molar-refractivity contribution in [2.75, 3.05) is 6.16 Å². The molecule has 0 saturated heterocycles. The van der Waals surface area contributed by atoms with Gasteiger partial charge in [0.1, 0.15) is 0 Å². The SMILES string of the molecule is N=CCCC[PH](O)(O)O. The van der Waals surface area contributed by atoms with Crippen molar-refractivity contribution in [3.63, 3.8) is 0 Å². The van der Waals surface area contributed by atoms with Crippen LogP contribution < -0.4 is 0 Å². The van der Waals surface area contributed by atoms with Crippen LogP contribution in [0.4, 0.5) is 0 Å². The number of hydrogen-bond acceptors (Lipinski definition) is 4. The van der Waals surface area contributed by atoms with E-state index >= 15 is 0 Å². The summed E-state index contributed by atoms with van der Waals surface area (Å²) in [5.41, 5.74) is 0. The van der Waals surface area contributed by atoms with Gasteiger partial charge in [0.25, 0.3) is 0 Å². The molecule has 56 valence electrons. The van der Waals surface area contributed by atoms with Crippen LogP contribution in [0.15, 0.2) is 0 Å². The molecule has 4 N–H and O–H groups in total. The zero-order chi connectivity index (χ0) is 7.33. The summed E-state index contributed by atoms with van der Waals surface area (Å²) in [5.74, 6) is 0. The first kappa shape index (κ1) is 8.98. The van der Waals surface area contributed by atoms with Crippen LogP contribution in [0, 0.1) is 5.41 Å². The Morgan fingerprint density at radius 1 is 1.33 bits per heavy atom. The molecule has 0 aromatic heterocycles. The van der Waals surface area contributed by atoms with E-state index in [-0.39, 0.29) is 6.16 Å². The van der Waals surface area contributed by atoms with Crippen LogP contribution in [0.2, 0.25) is 0 Å². The molecule has 0 aromatic carbocycles. The third kappa shape index (κ3) is 7.98. The molecule has 0 amide bonds. The molecule has 0 spiro atoms. The van der Waals surface area contributed by atoms with E-state index in [9.17, 15) is 0 Å². The van der Waals surface area contributed by atoms with E-state index in [2.05, 4.69) is 0 Å². The van der Waals surface area contributed by atoms with Gasteiger partial charge in [0.2, 0.25) is 0 Å². The Balaban J connectivity index is 3.17. The fourth-order valence-electron chi connectivity index (χ4n) is 0.441.